The average Bonchev–Trinajstić information content (AvgIpc) is 2.30. The number of rotatable bonds is 1. The Bertz CT molecular complexity index is 306. The molecule has 0 fully saturated rings. The van der Waals surface area contributed by atoms with Crippen LogP contribution in [0, 0.1) is 0 Å². The molecule has 0 aliphatic rings. The molecular weight excluding hydrogens is 197 g/mol. The van der Waals surface area contributed by atoms with Crippen molar-refractivity contribution in [1.29, 1.82) is 0 Å². The van der Waals surface area contributed by atoms with E-state index in [0.29, 0.717) is 6.20 Å². The quantitative estimate of drug-likeness (QED) is 0.645. The molecule has 0 aliphatic heterocycles. The summed E-state index contributed by atoms with van der Waals surface area (Å²) in [7, 11) is 0. The van der Waals surface area contributed by atoms with Crippen LogP contribution in [0.3, 0.4) is 0 Å². The van der Waals surface area contributed by atoms with Gasteiger partial charge < -0.3 is 0 Å². The maximum atomic E-state index is 11.8. The number of alkyl halides is 3. The summed E-state index contributed by atoms with van der Waals surface area (Å²) in [5.41, 5.74) is -0.422. The van der Waals surface area contributed by atoms with Crippen molar-refractivity contribution in [2.45, 2.75) is 6.30 Å². The third kappa shape index (κ3) is 1.76. The smallest absolute Gasteiger partial charge is 0.274 e. The first kappa shape index (κ1) is 9.05. The van der Waals surface area contributed by atoms with Gasteiger partial charge in [-0.3, -0.25) is 4.79 Å². The third-order valence-corrected chi connectivity index (χ3v) is 1.24. The molecule has 0 atom stereocenters. The zero-order valence-corrected chi connectivity index (χ0v) is 6.23. The number of carbonyl (C=O) groups is 1. The summed E-state index contributed by atoms with van der Waals surface area (Å²) in [5, 5.41) is 1.88. The van der Waals surface area contributed by atoms with Crippen molar-refractivity contribution < 1.29 is 18.0 Å². The van der Waals surface area contributed by atoms with Gasteiger partial charge in [0.2, 0.25) is 0 Å². The van der Waals surface area contributed by atoms with Crippen molar-refractivity contribution in [1.82, 2.24) is 9.78 Å². The molecule has 0 saturated heterocycles. The maximum absolute atomic E-state index is 11.8. The second kappa shape index (κ2) is 2.78. The van der Waals surface area contributed by atoms with E-state index in [9.17, 15) is 18.0 Å². The molecule has 7 heteroatoms. The topological polar surface area (TPSA) is 34.9 Å². The summed E-state index contributed by atoms with van der Waals surface area (Å²) in [6.45, 7) is 0. The molecule has 1 aromatic rings. The Morgan fingerprint density at radius 2 is 2.17 bits per heavy atom. The van der Waals surface area contributed by atoms with Crippen molar-refractivity contribution in [3.8, 4) is 0 Å². The lowest BCUT2D eigenvalue weighted by Crippen LogP contribution is -2.17. The van der Waals surface area contributed by atoms with Crippen LogP contribution in [0.25, 0.3) is 0 Å². The highest BCUT2D eigenvalue weighted by Crippen LogP contribution is 2.20. The van der Waals surface area contributed by atoms with E-state index in [2.05, 4.69) is 5.10 Å². The van der Waals surface area contributed by atoms with E-state index in [4.69, 9.17) is 11.6 Å². The summed E-state index contributed by atoms with van der Waals surface area (Å²) < 4.78 is 35.1. The molecule has 3 nitrogen and oxygen atoms in total. The van der Waals surface area contributed by atoms with Crippen molar-refractivity contribution in [2.24, 2.45) is 0 Å². The van der Waals surface area contributed by atoms with Gasteiger partial charge in [-0.2, -0.15) is 9.78 Å². The lowest BCUT2D eigenvalue weighted by Gasteiger charge is -2.03. The molecule has 0 bridgehead atoms. The number of nitrogens with zero attached hydrogens (tertiary/aromatic N) is 2. The normalized spacial score (nSPS) is 11.7. The minimum Gasteiger partial charge on any atom is -0.274 e. The van der Waals surface area contributed by atoms with Crippen molar-refractivity contribution >= 4 is 16.8 Å². The molecule has 1 aromatic heterocycles. The highest BCUT2D eigenvalue weighted by atomic mass is 35.5. The van der Waals surface area contributed by atoms with E-state index in [1.54, 1.807) is 0 Å². The molecular formula is C5H2ClF3N2O. The van der Waals surface area contributed by atoms with Crippen LogP contribution in [-0.2, 0) is 6.30 Å². The number of hydrogen-bond acceptors (Lipinski definition) is 2. The van der Waals surface area contributed by atoms with Crippen LogP contribution in [0.5, 0.6) is 0 Å². The molecule has 0 spiro atoms. The highest BCUT2D eigenvalue weighted by Gasteiger charge is 2.31. The summed E-state index contributed by atoms with van der Waals surface area (Å²) in [6.07, 6.45) is -3.99. The fourth-order valence-corrected chi connectivity index (χ4v) is 0.671. The Balaban J connectivity index is 3.00. The van der Waals surface area contributed by atoms with E-state index in [1.807, 2.05) is 0 Å². The van der Waals surface area contributed by atoms with Crippen LogP contribution in [0.2, 0.25) is 0 Å². The Hall–Kier alpha value is -1.04. The molecule has 0 aromatic carbocycles. The van der Waals surface area contributed by atoms with Crippen LogP contribution >= 0.6 is 11.6 Å². The van der Waals surface area contributed by atoms with Crippen LogP contribution in [-0.4, -0.2) is 15.0 Å². The predicted molar refractivity (Wildman–Crippen MR) is 33.7 cm³/mol. The molecule has 1 heterocycles. The van der Waals surface area contributed by atoms with Crippen LogP contribution in [0.1, 0.15) is 10.5 Å². The largest absolute Gasteiger partial charge is 0.504 e. The van der Waals surface area contributed by atoms with Crippen LogP contribution in [0.15, 0.2) is 12.3 Å². The fourth-order valence-electron chi connectivity index (χ4n) is 0.570. The number of carbonyl (C=O) groups excluding carboxylic acids is 1. The average molecular weight is 199 g/mol. The molecule has 1 rings (SSSR count). The van der Waals surface area contributed by atoms with Crippen molar-refractivity contribution in [2.75, 3.05) is 0 Å². The maximum Gasteiger partial charge on any atom is 0.504 e. The van der Waals surface area contributed by atoms with Gasteiger partial charge in [0.25, 0.3) is 5.24 Å². The Morgan fingerprint density at radius 1 is 1.58 bits per heavy atom. The summed E-state index contributed by atoms with van der Waals surface area (Å²) in [4.78, 5) is 10.3. The minimum absolute atomic E-state index is 0.289. The lowest BCUT2D eigenvalue weighted by molar-refractivity contribution is -0.212. The van der Waals surface area contributed by atoms with Gasteiger partial charge >= 0.3 is 6.30 Å². The highest BCUT2D eigenvalue weighted by molar-refractivity contribution is 6.67. The Morgan fingerprint density at radius 3 is 2.42 bits per heavy atom. The van der Waals surface area contributed by atoms with Gasteiger partial charge in [0, 0.05) is 6.20 Å². The van der Waals surface area contributed by atoms with Gasteiger partial charge in [0.1, 0.15) is 5.69 Å². The van der Waals surface area contributed by atoms with Gasteiger partial charge in [-0.25, -0.2) is 0 Å². The van der Waals surface area contributed by atoms with E-state index < -0.39 is 17.2 Å². The molecule has 0 saturated carbocycles. The monoisotopic (exact) mass is 198 g/mol. The summed E-state index contributed by atoms with van der Waals surface area (Å²) in [5.74, 6) is 0. The standard InChI is InChI=1S/C5H2ClF3N2O/c6-4(12)3-1-2-11(10-3)5(7,8)9/h1-2H. The molecule has 0 radical (unpaired) electrons. The van der Waals surface area contributed by atoms with E-state index in [1.165, 1.54) is 0 Å². The van der Waals surface area contributed by atoms with E-state index >= 15 is 0 Å². The second-order valence-corrected chi connectivity index (χ2v) is 2.23. The zero-order chi connectivity index (χ0) is 9.35. The van der Waals surface area contributed by atoms with E-state index in [-0.39, 0.29) is 4.68 Å². The van der Waals surface area contributed by atoms with Crippen LogP contribution in [0.4, 0.5) is 13.2 Å². The van der Waals surface area contributed by atoms with Gasteiger partial charge in [0.15, 0.2) is 0 Å². The molecule has 0 unspecified atom stereocenters. The first-order valence-corrected chi connectivity index (χ1v) is 3.12. The minimum atomic E-state index is -4.61. The van der Waals surface area contributed by atoms with Crippen LogP contribution < -0.4 is 0 Å². The fraction of sp³-hybridized carbons (Fsp3) is 0.200. The zero-order valence-electron chi connectivity index (χ0n) is 5.47. The SMILES string of the molecule is O=C(Cl)c1ccn(C(F)(F)F)n1. The number of halogens is 4. The molecule has 0 N–H and O–H groups in total. The Kier molecular flexibility index (Phi) is 2.10. The molecule has 0 amide bonds. The summed E-state index contributed by atoms with van der Waals surface area (Å²) >= 11 is 4.88. The molecule has 66 valence electrons. The summed E-state index contributed by atoms with van der Waals surface area (Å²) in [6, 6.07) is 0.892. The van der Waals surface area contributed by atoms with Gasteiger partial charge in [-0.05, 0) is 17.7 Å². The first-order chi connectivity index (χ1) is 5.41. The molecule has 12 heavy (non-hydrogen) atoms. The number of aromatic nitrogens is 2. The lowest BCUT2D eigenvalue weighted by atomic mass is 10.5. The van der Waals surface area contributed by atoms with E-state index in [0.717, 1.165) is 6.07 Å². The second-order valence-electron chi connectivity index (χ2n) is 1.89. The Labute approximate surface area is 69.7 Å². The van der Waals surface area contributed by atoms with Gasteiger partial charge in [-0.1, -0.05) is 0 Å². The number of hydrogen-bond donors (Lipinski definition) is 0. The van der Waals surface area contributed by atoms with Crippen molar-refractivity contribution in [3.05, 3.63) is 18.0 Å². The predicted octanol–water partition coefficient (Wildman–Crippen LogP) is 1.74. The molecule has 0 aliphatic carbocycles. The van der Waals surface area contributed by atoms with Gasteiger partial charge in [0.05, 0.1) is 0 Å². The first-order valence-electron chi connectivity index (χ1n) is 2.74. The third-order valence-electron chi connectivity index (χ3n) is 1.05. The van der Waals surface area contributed by atoms with Gasteiger partial charge in [-0.15, -0.1) is 13.2 Å². The van der Waals surface area contributed by atoms with Crippen molar-refractivity contribution in [3.63, 3.8) is 0 Å².